The van der Waals surface area contributed by atoms with E-state index < -0.39 is 11.9 Å². The summed E-state index contributed by atoms with van der Waals surface area (Å²) < 4.78 is 11.0. The van der Waals surface area contributed by atoms with Gasteiger partial charge in [-0.15, -0.1) is 0 Å². The first-order valence-electron chi connectivity index (χ1n) is 4.52. The summed E-state index contributed by atoms with van der Waals surface area (Å²) in [6.45, 7) is 3.63. The fourth-order valence-corrected chi connectivity index (χ4v) is 2.12. The zero-order chi connectivity index (χ0) is 9.64. The Bertz CT molecular complexity index is 226. The van der Waals surface area contributed by atoms with Gasteiger partial charge in [-0.1, -0.05) is 0 Å². The smallest absolute Gasteiger partial charge is 0.163 e. The second kappa shape index (κ2) is 2.77. The highest BCUT2D eigenvalue weighted by Gasteiger charge is 2.52. The Morgan fingerprint density at radius 3 is 2.69 bits per heavy atom. The van der Waals surface area contributed by atoms with Crippen LogP contribution < -0.4 is 0 Å². The van der Waals surface area contributed by atoms with Gasteiger partial charge in [0.25, 0.3) is 0 Å². The van der Waals surface area contributed by atoms with Gasteiger partial charge in [-0.3, -0.25) is 0 Å². The quantitative estimate of drug-likeness (QED) is 0.589. The summed E-state index contributed by atoms with van der Waals surface area (Å²) >= 11 is 0. The number of fused-ring (bicyclic) bond motifs is 1. The Morgan fingerprint density at radius 2 is 2.15 bits per heavy atom. The van der Waals surface area contributed by atoms with Crippen LogP contribution in [0.3, 0.4) is 0 Å². The van der Waals surface area contributed by atoms with Gasteiger partial charge in [-0.25, -0.2) is 0 Å². The standard InChI is InChI=1S/C9H14O4/c1-9(2)12-6-3-5(4-10)7(11)8(6)13-9/h4-8,11H,3H2,1-2H3. The number of carbonyl (C=O) groups excluding carboxylic acids is 1. The van der Waals surface area contributed by atoms with Crippen molar-refractivity contribution in [2.45, 2.75) is 44.4 Å². The number of carbonyl (C=O) groups is 1. The molecular formula is C9H14O4. The molecule has 4 atom stereocenters. The second-order valence-corrected chi connectivity index (χ2v) is 4.16. The van der Waals surface area contributed by atoms with Crippen LogP contribution in [0.2, 0.25) is 0 Å². The summed E-state index contributed by atoms with van der Waals surface area (Å²) in [6, 6.07) is 0. The van der Waals surface area contributed by atoms with Gasteiger partial charge in [0.2, 0.25) is 0 Å². The molecule has 1 aliphatic heterocycles. The van der Waals surface area contributed by atoms with Crippen LogP contribution >= 0.6 is 0 Å². The minimum atomic E-state index is -0.704. The van der Waals surface area contributed by atoms with Crippen LogP contribution in [0.5, 0.6) is 0 Å². The van der Waals surface area contributed by atoms with Gasteiger partial charge in [-0.2, -0.15) is 0 Å². The van der Waals surface area contributed by atoms with Crippen LogP contribution in [0, 0.1) is 5.92 Å². The first-order valence-corrected chi connectivity index (χ1v) is 4.52. The molecular weight excluding hydrogens is 172 g/mol. The third-order valence-corrected chi connectivity index (χ3v) is 2.68. The van der Waals surface area contributed by atoms with Crippen LogP contribution in [0.1, 0.15) is 20.3 Å². The molecule has 2 aliphatic rings. The highest BCUT2D eigenvalue weighted by Crippen LogP contribution is 2.40. The van der Waals surface area contributed by atoms with E-state index in [1.165, 1.54) is 0 Å². The average Bonchev–Trinajstić information content (AvgIpc) is 2.47. The van der Waals surface area contributed by atoms with Crippen molar-refractivity contribution in [3.8, 4) is 0 Å². The number of aldehydes is 1. The fraction of sp³-hybridized carbons (Fsp3) is 0.889. The molecule has 1 N–H and O–H groups in total. The van der Waals surface area contributed by atoms with E-state index in [2.05, 4.69) is 0 Å². The Labute approximate surface area is 76.8 Å². The molecule has 2 rings (SSSR count). The normalized spacial score (nSPS) is 47.6. The van der Waals surface area contributed by atoms with Crippen molar-refractivity contribution in [1.82, 2.24) is 0 Å². The number of ether oxygens (including phenoxy) is 2. The van der Waals surface area contributed by atoms with E-state index in [1.54, 1.807) is 0 Å². The molecule has 0 aromatic heterocycles. The molecule has 0 aromatic rings. The first kappa shape index (κ1) is 9.12. The van der Waals surface area contributed by atoms with Crippen molar-refractivity contribution in [3.05, 3.63) is 0 Å². The van der Waals surface area contributed by atoms with Crippen LogP contribution in [0.4, 0.5) is 0 Å². The molecule has 13 heavy (non-hydrogen) atoms. The van der Waals surface area contributed by atoms with Gasteiger partial charge in [0.15, 0.2) is 5.79 Å². The summed E-state index contributed by atoms with van der Waals surface area (Å²) in [7, 11) is 0. The van der Waals surface area contributed by atoms with E-state index in [0.717, 1.165) is 6.29 Å². The van der Waals surface area contributed by atoms with Crippen molar-refractivity contribution >= 4 is 6.29 Å². The zero-order valence-electron chi connectivity index (χ0n) is 7.77. The topological polar surface area (TPSA) is 55.8 Å². The monoisotopic (exact) mass is 186 g/mol. The van der Waals surface area contributed by atoms with E-state index in [4.69, 9.17) is 9.47 Å². The van der Waals surface area contributed by atoms with Crippen LogP contribution in [-0.2, 0) is 14.3 Å². The molecule has 0 aromatic carbocycles. The van der Waals surface area contributed by atoms with Crippen molar-refractivity contribution in [2.24, 2.45) is 5.92 Å². The summed E-state index contributed by atoms with van der Waals surface area (Å²) in [5, 5.41) is 9.66. The van der Waals surface area contributed by atoms with E-state index in [1.807, 2.05) is 13.8 Å². The highest BCUT2D eigenvalue weighted by molar-refractivity contribution is 5.55. The molecule has 4 nitrogen and oxygen atoms in total. The molecule has 74 valence electrons. The van der Waals surface area contributed by atoms with Crippen molar-refractivity contribution in [2.75, 3.05) is 0 Å². The first-order chi connectivity index (χ1) is 6.03. The molecule has 0 spiro atoms. The number of rotatable bonds is 1. The molecule has 2 fully saturated rings. The van der Waals surface area contributed by atoms with Gasteiger partial charge in [-0.05, 0) is 20.3 Å². The Hall–Kier alpha value is -0.450. The van der Waals surface area contributed by atoms with Crippen molar-refractivity contribution < 1.29 is 19.4 Å². The average molecular weight is 186 g/mol. The van der Waals surface area contributed by atoms with Crippen LogP contribution in [-0.4, -0.2) is 35.5 Å². The van der Waals surface area contributed by atoms with Gasteiger partial charge in [0.1, 0.15) is 12.4 Å². The van der Waals surface area contributed by atoms with E-state index in [-0.39, 0.29) is 18.1 Å². The predicted molar refractivity (Wildman–Crippen MR) is 44.0 cm³/mol. The maximum Gasteiger partial charge on any atom is 0.163 e. The Balaban J connectivity index is 2.11. The molecule has 4 heteroatoms. The molecule has 0 bridgehead atoms. The summed E-state index contributed by atoms with van der Waals surface area (Å²) in [5.41, 5.74) is 0. The number of aliphatic hydroxyl groups is 1. The lowest BCUT2D eigenvalue weighted by atomic mass is 10.1. The largest absolute Gasteiger partial charge is 0.390 e. The number of hydrogen-bond donors (Lipinski definition) is 1. The van der Waals surface area contributed by atoms with Gasteiger partial charge in [0.05, 0.1) is 12.2 Å². The predicted octanol–water partition coefficient (Wildman–Crippen LogP) is 0.0862. The second-order valence-electron chi connectivity index (χ2n) is 4.16. The molecule has 1 saturated carbocycles. The Morgan fingerprint density at radius 1 is 1.46 bits per heavy atom. The maximum atomic E-state index is 10.5. The molecule has 0 amide bonds. The van der Waals surface area contributed by atoms with Crippen molar-refractivity contribution in [3.63, 3.8) is 0 Å². The lowest BCUT2D eigenvalue weighted by Gasteiger charge is -2.21. The molecule has 1 heterocycles. The van der Waals surface area contributed by atoms with E-state index in [9.17, 15) is 9.90 Å². The Kier molecular flexibility index (Phi) is 1.94. The molecule has 4 unspecified atom stereocenters. The summed E-state index contributed by atoms with van der Waals surface area (Å²) in [4.78, 5) is 10.5. The molecule has 1 aliphatic carbocycles. The lowest BCUT2D eigenvalue weighted by molar-refractivity contribution is -0.167. The van der Waals surface area contributed by atoms with E-state index >= 15 is 0 Å². The van der Waals surface area contributed by atoms with Crippen LogP contribution in [0.25, 0.3) is 0 Å². The molecule has 0 radical (unpaired) electrons. The van der Waals surface area contributed by atoms with Gasteiger partial charge < -0.3 is 19.4 Å². The fourth-order valence-electron chi connectivity index (χ4n) is 2.12. The third kappa shape index (κ3) is 1.39. The summed E-state index contributed by atoms with van der Waals surface area (Å²) in [6.07, 6.45) is 0.191. The third-order valence-electron chi connectivity index (χ3n) is 2.68. The minimum Gasteiger partial charge on any atom is -0.390 e. The zero-order valence-corrected chi connectivity index (χ0v) is 7.77. The van der Waals surface area contributed by atoms with Crippen LogP contribution in [0.15, 0.2) is 0 Å². The van der Waals surface area contributed by atoms with Gasteiger partial charge >= 0.3 is 0 Å². The minimum absolute atomic E-state index is 0.125. The highest BCUT2D eigenvalue weighted by atomic mass is 16.8. The maximum absolute atomic E-state index is 10.5. The van der Waals surface area contributed by atoms with Crippen molar-refractivity contribution in [1.29, 1.82) is 0 Å². The SMILES string of the molecule is CC1(C)OC2CC(C=O)C(O)C2O1. The van der Waals surface area contributed by atoms with Gasteiger partial charge in [0, 0.05) is 5.92 Å². The number of aliphatic hydroxyl groups excluding tert-OH is 1. The lowest BCUT2D eigenvalue weighted by Crippen LogP contribution is -2.32. The van der Waals surface area contributed by atoms with E-state index in [0.29, 0.717) is 6.42 Å². The summed E-state index contributed by atoms with van der Waals surface area (Å²) in [5.74, 6) is -0.949. The molecule has 1 saturated heterocycles. The number of hydrogen-bond acceptors (Lipinski definition) is 4.